The summed E-state index contributed by atoms with van der Waals surface area (Å²) in [6.07, 6.45) is 5.27. The average Bonchev–Trinajstić information content (AvgIpc) is 3.24. The number of nitrogens with zero attached hydrogens (tertiary/aromatic N) is 4. The number of halogens is 1. The first kappa shape index (κ1) is 22.1. The molecule has 0 aliphatic carbocycles. The van der Waals surface area contributed by atoms with Crippen molar-refractivity contribution in [2.75, 3.05) is 39.3 Å². The van der Waals surface area contributed by atoms with E-state index in [-0.39, 0.29) is 18.0 Å². The molecular weight excluding hydrogens is 376 g/mol. The lowest BCUT2D eigenvalue weighted by Gasteiger charge is -2.19. The van der Waals surface area contributed by atoms with Gasteiger partial charge in [0.2, 0.25) is 0 Å². The summed E-state index contributed by atoms with van der Waals surface area (Å²) < 4.78 is 5.97. The van der Waals surface area contributed by atoms with Crippen LogP contribution in [0.3, 0.4) is 0 Å². The van der Waals surface area contributed by atoms with Crippen molar-refractivity contribution in [1.82, 2.24) is 20.4 Å². The van der Waals surface area contributed by atoms with E-state index in [1.54, 1.807) is 0 Å². The van der Waals surface area contributed by atoms with E-state index < -0.39 is 0 Å². The zero-order valence-electron chi connectivity index (χ0n) is 16.2. The van der Waals surface area contributed by atoms with Crippen LogP contribution in [-0.4, -0.2) is 49.1 Å². The van der Waals surface area contributed by atoms with Crippen LogP contribution in [0.5, 0.6) is 0 Å². The number of furan rings is 1. The molecule has 2 N–H and O–H groups in total. The van der Waals surface area contributed by atoms with E-state index in [1.807, 2.05) is 23.1 Å². The number of hydrogen-bond acceptors (Lipinski definition) is 7. The maximum atomic E-state index is 9.03. The highest BCUT2D eigenvalue weighted by Gasteiger charge is 2.20. The Morgan fingerprint density at radius 3 is 2.50 bits per heavy atom. The number of nitriles is 2. The average molecular weight is 405 g/mol. The Kier molecular flexibility index (Phi) is 9.16. The van der Waals surface area contributed by atoms with Crippen LogP contribution < -0.4 is 10.6 Å². The number of hydrogen-bond donors (Lipinski definition) is 2. The van der Waals surface area contributed by atoms with Crippen LogP contribution in [0.4, 0.5) is 0 Å². The standard InChI is InChI=1S/C20H28N6O.ClH/c21-13-17(14-22)20-24-8-12-26(20)11-7-23-15-18-5-6-19(27-18)16-25-9-3-1-2-4-10-25;/h5-6,23-24H,1-4,7-12,15-16H2;1H. The van der Waals surface area contributed by atoms with Crippen molar-refractivity contribution in [3.63, 3.8) is 0 Å². The van der Waals surface area contributed by atoms with Gasteiger partial charge in [0.25, 0.3) is 0 Å². The summed E-state index contributed by atoms with van der Waals surface area (Å²) in [5.74, 6) is 2.64. The van der Waals surface area contributed by atoms with Crippen molar-refractivity contribution in [3.05, 3.63) is 35.0 Å². The highest BCUT2D eigenvalue weighted by Crippen LogP contribution is 2.15. The molecule has 152 valence electrons. The molecule has 3 heterocycles. The van der Waals surface area contributed by atoms with Crippen molar-refractivity contribution in [1.29, 1.82) is 10.5 Å². The number of allylic oxidation sites excluding steroid dienone is 1. The molecule has 0 bridgehead atoms. The lowest BCUT2D eigenvalue weighted by Crippen LogP contribution is -2.30. The molecule has 1 aromatic rings. The van der Waals surface area contributed by atoms with Gasteiger partial charge in [0, 0.05) is 26.2 Å². The SMILES string of the molecule is Cl.N#CC(C#N)=C1NCCN1CCNCc1ccc(CN2CCCCCC2)o1. The Balaban J connectivity index is 0.00000280. The summed E-state index contributed by atoms with van der Waals surface area (Å²) >= 11 is 0. The van der Waals surface area contributed by atoms with Gasteiger partial charge in [-0.15, -0.1) is 12.4 Å². The normalized spacial score (nSPS) is 17.2. The molecule has 0 spiro atoms. The van der Waals surface area contributed by atoms with Gasteiger partial charge in [0.15, 0.2) is 5.57 Å². The van der Waals surface area contributed by atoms with Crippen molar-refractivity contribution in [2.45, 2.75) is 38.8 Å². The second kappa shape index (κ2) is 11.6. The Hall–Kier alpha value is -2.19. The molecule has 7 nitrogen and oxygen atoms in total. The molecule has 2 aliphatic heterocycles. The van der Waals surface area contributed by atoms with Gasteiger partial charge in [-0.1, -0.05) is 12.8 Å². The predicted molar refractivity (Wildman–Crippen MR) is 109 cm³/mol. The molecule has 0 saturated carbocycles. The van der Waals surface area contributed by atoms with Gasteiger partial charge >= 0.3 is 0 Å². The minimum absolute atomic E-state index is 0. The molecule has 2 saturated heterocycles. The lowest BCUT2D eigenvalue weighted by atomic mass is 10.2. The highest BCUT2D eigenvalue weighted by molar-refractivity contribution is 5.85. The van der Waals surface area contributed by atoms with E-state index in [9.17, 15) is 0 Å². The van der Waals surface area contributed by atoms with Crippen LogP contribution in [0.15, 0.2) is 27.9 Å². The first-order valence-corrected chi connectivity index (χ1v) is 9.84. The largest absolute Gasteiger partial charge is 0.463 e. The van der Waals surface area contributed by atoms with Gasteiger partial charge in [-0.3, -0.25) is 4.90 Å². The first-order valence-electron chi connectivity index (χ1n) is 9.84. The van der Waals surface area contributed by atoms with Gasteiger partial charge in [-0.25, -0.2) is 0 Å². The second-order valence-corrected chi connectivity index (χ2v) is 7.10. The fourth-order valence-corrected chi connectivity index (χ4v) is 3.68. The fourth-order valence-electron chi connectivity index (χ4n) is 3.68. The molecular formula is C20H29ClN6O. The van der Waals surface area contributed by atoms with Crippen LogP contribution >= 0.6 is 12.4 Å². The summed E-state index contributed by atoms with van der Waals surface area (Å²) in [6, 6.07) is 8.04. The van der Waals surface area contributed by atoms with Gasteiger partial charge in [0.05, 0.1) is 13.1 Å². The molecule has 28 heavy (non-hydrogen) atoms. The van der Waals surface area contributed by atoms with E-state index in [0.717, 1.165) is 44.2 Å². The van der Waals surface area contributed by atoms with Gasteiger partial charge in [-0.05, 0) is 38.1 Å². The smallest absolute Gasteiger partial charge is 0.169 e. The number of nitrogens with one attached hydrogen (secondary N) is 2. The summed E-state index contributed by atoms with van der Waals surface area (Å²) in [6.45, 7) is 7.00. The number of likely N-dealkylation sites (tertiary alicyclic amines) is 1. The molecule has 0 amide bonds. The Morgan fingerprint density at radius 1 is 1.07 bits per heavy atom. The lowest BCUT2D eigenvalue weighted by molar-refractivity contribution is 0.249. The minimum Gasteiger partial charge on any atom is -0.463 e. The molecule has 0 aromatic carbocycles. The van der Waals surface area contributed by atoms with Crippen molar-refractivity contribution in [2.24, 2.45) is 0 Å². The first-order chi connectivity index (χ1) is 13.3. The van der Waals surface area contributed by atoms with Crippen molar-refractivity contribution in [3.8, 4) is 12.1 Å². The van der Waals surface area contributed by atoms with Gasteiger partial charge in [-0.2, -0.15) is 10.5 Å². The van der Waals surface area contributed by atoms with Gasteiger partial charge < -0.3 is 20.0 Å². The van der Waals surface area contributed by atoms with Crippen LogP contribution in [0, 0.1) is 22.7 Å². The Morgan fingerprint density at radius 2 is 1.79 bits per heavy atom. The Bertz CT molecular complexity index is 708. The highest BCUT2D eigenvalue weighted by atomic mass is 35.5. The topological polar surface area (TPSA) is 91.3 Å². The Labute approximate surface area is 173 Å². The summed E-state index contributed by atoms with van der Waals surface area (Å²) in [4.78, 5) is 4.53. The van der Waals surface area contributed by atoms with Crippen molar-refractivity contribution >= 4 is 12.4 Å². The minimum atomic E-state index is 0. The third kappa shape index (κ3) is 6.17. The third-order valence-corrected chi connectivity index (χ3v) is 5.10. The van der Waals surface area contributed by atoms with E-state index >= 15 is 0 Å². The van der Waals surface area contributed by atoms with Crippen molar-refractivity contribution < 1.29 is 4.42 Å². The van der Waals surface area contributed by atoms with E-state index in [2.05, 4.69) is 21.6 Å². The molecule has 0 unspecified atom stereocenters. The molecule has 8 heteroatoms. The maximum absolute atomic E-state index is 9.03. The van der Waals surface area contributed by atoms with Crippen LogP contribution in [0.25, 0.3) is 0 Å². The quantitative estimate of drug-likeness (QED) is 0.532. The molecule has 0 radical (unpaired) electrons. The molecule has 0 atom stereocenters. The third-order valence-electron chi connectivity index (χ3n) is 5.10. The zero-order chi connectivity index (χ0) is 18.9. The van der Waals surface area contributed by atoms with Crippen LogP contribution in [0.1, 0.15) is 37.2 Å². The number of rotatable bonds is 7. The molecule has 2 aliphatic rings. The van der Waals surface area contributed by atoms with E-state index in [1.165, 1.54) is 38.8 Å². The zero-order valence-corrected chi connectivity index (χ0v) is 17.1. The van der Waals surface area contributed by atoms with E-state index in [0.29, 0.717) is 12.4 Å². The fraction of sp³-hybridized carbons (Fsp3) is 0.600. The molecule has 3 rings (SSSR count). The summed E-state index contributed by atoms with van der Waals surface area (Å²) in [5, 5.41) is 24.6. The molecule has 2 fully saturated rings. The van der Waals surface area contributed by atoms with Crippen LogP contribution in [0.2, 0.25) is 0 Å². The van der Waals surface area contributed by atoms with E-state index in [4.69, 9.17) is 14.9 Å². The molecule has 1 aromatic heterocycles. The maximum Gasteiger partial charge on any atom is 0.169 e. The van der Waals surface area contributed by atoms with Crippen LogP contribution in [-0.2, 0) is 13.1 Å². The summed E-state index contributed by atoms with van der Waals surface area (Å²) in [7, 11) is 0. The summed E-state index contributed by atoms with van der Waals surface area (Å²) in [5.41, 5.74) is 0.150. The predicted octanol–water partition coefficient (Wildman–Crippen LogP) is 2.33. The van der Waals surface area contributed by atoms with Gasteiger partial charge in [0.1, 0.15) is 29.5 Å². The monoisotopic (exact) mass is 404 g/mol. The second-order valence-electron chi connectivity index (χ2n) is 7.10.